The Bertz CT molecular complexity index is 1240. The van der Waals surface area contributed by atoms with Crippen LogP contribution in [-0.4, -0.2) is 30.3 Å². The third-order valence-corrected chi connectivity index (χ3v) is 5.21. The van der Waals surface area contributed by atoms with Gasteiger partial charge in [-0.2, -0.15) is 0 Å². The number of aromatic nitrogens is 5. The first-order valence-corrected chi connectivity index (χ1v) is 9.22. The molecule has 0 aliphatic heterocycles. The number of nitrogens with one attached hydrogen (secondary N) is 2. The van der Waals surface area contributed by atoms with Gasteiger partial charge in [-0.3, -0.25) is 10.1 Å². The molecule has 0 saturated heterocycles. The van der Waals surface area contributed by atoms with Crippen molar-refractivity contribution in [2.24, 2.45) is 0 Å². The molecule has 2 atom stereocenters. The predicted octanol–water partition coefficient (Wildman–Crippen LogP) is 4.34. The number of pyridine rings is 1. The first kappa shape index (κ1) is 16.6. The van der Waals surface area contributed by atoms with E-state index in [-0.39, 0.29) is 5.92 Å². The highest BCUT2D eigenvalue weighted by atomic mass is 16.3. The molecule has 28 heavy (non-hydrogen) atoms. The van der Waals surface area contributed by atoms with Crippen molar-refractivity contribution < 1.29 is 5.11 Å². The Morgan fingerprint density at radius 2 is 1.61 bits per heavy atom. The van der Waals surface area contributed by atoms with Crippen molar-refractivity contribution in [1.82, 2.24) is 25.1 Å². The molecule has 3 N–H and O–H groups in total. The number of benzene rings is 2. The van der Waals surface area contributed by atoms with Gasteiger partial charge in [0.1, 0.15) is 6.10 Å². The molecular formula is C22H19N5O. The first-order valence-electron chi connectivity index (χ1n) is 9.22. The summed E-state index contributed by atoms with van der Waals surface area (Å²) in [7, 11) is 0. The molecule has 2 unspecified atom stereocenters. The molecule has 3 heterocycles. The number of hydrogen-bond acceptors (Lipinski definition) is 4. The molecule has 138 valence electrons. The second kappa shape index (κ2) is 6.58. The summed E-state index contributed by atoms with van der Waals surface area (Å²) in [5, 5.41) is 18.2. The summed E-state index contributed by atoms with van der Waals surface area (Å²) in [5.41, 5.74) is 5.55. The molecule has 0 fully saturated rings. The Kier molecular flexibility index (Phi) is 3.91. The lowest BCUT2D eigenvalue weighted by Gasteiger charge is -2.16. The maximum Gasteiger partial charge on any atom is 0.158 e. The van der Waals surface area contributed by atoms with Crippen LogP contribution in [0.4, 0.5) is 0 Å². The normalized spacial score (nSPS) is 13.8. The Balaban J connectivity index is 1.56. The van der Waals surface area contributed by atoms with Crippen molar-refractivity contribution in [2.45, 2.75) is 18.9 Å². The maximum absolute atomic E-state index is 10.8. The van der Waals surface area contributed by atoms with Crippen LogP contribution in [-0.2, 0) is 0 Å². The molecule has 0 spiro atoms. The van der Waals surface area contributed by atoms with E-state index in [2.05, 4.69) is 25.1 Å². The molecule has 0 saturated carbocycles. The van der Waals surface area contributed by atoms with Gasteiger partial charge < -0.3 is 10.2 Å². The van der Waals surface area contributed by atoms with Crippen LogP contribution in [0.1, 0.15) is 30.3 Å². The van der Waals surface area contributed by atoms with E-state index in [1.165, 1.54) is 0 Å². The Labute approximate surface area is 161 Å². The van der Waals surface area contributed by atoms with Crippen molar-refractivity contribution in [3.05, 3.63) is 78.4 Å². The summed E-state index contributed by atoms with van der Waals surface area (Å²) < 4.78 is 0. The van der Waals surface area contributed by atoms with Crippen molar-refractivity contribution in [2.75, 3.05) is 0 Å². The molecule has 3 aromatic heterocycles. The SMILES string of the molecule is CC(c1ccccc1)C(O)c1nc2cc3[nH][nH]c(-c4ccncc4)c3cc2n1. The minimum Gasteiger partial charge on any atom is -0.384 e. The van der Waals surface area contributed by atoms with Crippen molar-refractivity contribution >= 4 is 21.9 Å². The molecule has 0 bridgehead atoms. The van der Waals surface area contributed by atoms with Crippen molar-refractivity contribution in [3.8, 4) is 11.3 Å². The molecule has 6 nitrogen and oxygen atoms in total. The van der Waals surface area contributed by atoms with Gasteiger partial charge >= 0.3 is 0 Å². The molecule has 0 aliphatic rings. The third kappa shape index (κ3) is 2.75. The van der Waals surface area contributed by atoms with Crippen LogP contribution in [0, 0.1) is 0 Å². The van der Waals surface area contributed by atoms with E-state index < -0.39 is 6.10 Å². The fourth-order valence-electron chi connectivity index (χ4n) is 3.58. The summed E-state index contributed by atoms with van der Waals surface area (Å²) in [6.07, 6.45) is 2.77. The minimum absolute atomic E-state index is 0.0939. The fourth-order valence-corrected chi connectivity index (χ4v) is 3.58. The van der Waals surface area contributed by atoms with Gasteiger partial charge in [0.25, 0.3) is 0 Å². The molecule has 6 heteroatoms. The Morgan fingerprint density at radius 3 is 2.36 bits per heavy atom. The van der Waals surface area contributed by atoms with Crippen molar-refractivity contribution in [1.29, 1.82) is 0 Å². The van der Waals surface area contributed by atoms with Gasteiger partial charge in [0.2, 0.25) is 0 Å². The van der Waals surface area contributed by atoms with Gasteiger partial charge in [0.05, 0.1) is 22.2 Å². The van der Waals surface area contributed by atoms with Crippen LogP contribution in [0.3, 0.4) is 0 Å². The Morgan fingerprint density at radius 1 is 0.893 bits per heavy atom. The monoisotopic (exact) mass is 369 g/mol. The van der Waals surface area contributed by atoms with Crippen LogP contribution < -0.4 is 0 Å². The van der Waals surface area contributed by atoms with Gasteiger partial charge in [-0.05, 0) is 29.8 Å². The number of nitrogens with zero attached hydrogens (tertiary/aromatic N) is 3. The molecule has 0 amide bonds. The van der Waals surface area contributed by atoms with Crippen LogP contribution in [0.2, 0.25) is 0 Å². The zero-order chi connectivity index (χ0) is 19.1. The summed E-state index contributed by atoms with van der Waals surface area (Å²) in [4.78, 5) is 13.3. The lowest BCUT2D eigenvalue weighted by atomic mass is 9.95. The average molecular weight is 369 g/mol. The maximum atomic E-state index is 10.8. The van der Waals surface area contributed by atoms with E-state index in [1.807, 2.05) is 61.5 Å². The van der Waals surface area contributed by atoms with Crippen LogP contribution in [0.15, 0.2) is 67.0 Å². The number of aromatic amines is 2. The molecular weight excluding hydrogens is 350 g/mol. The highest BCUT2D eigenvalue weighted by Crippen LogP contribution is 2.32. The van der Waals surface area contributed by atoms with Crippen LogP contribution in [0.5, 0.6) is 0 Å². The van der Waals surface area contributed by atoms with Crippen molar-refractivity contribution in [3.63, 3.8) is 0 Å². The molecule has 5 rings (SSSR count). The van der Waals surface area contributed by atoms with E-state index in [4.69, 9.17) is 0 Å². The quantitative estimate of drug-likeness (QED) is 0.439. The summed E-state index contributed by atoms with van der Waals surface area (Å²) in [6, 6.07) is 17.8. The number of hydrogen-bond donors (Lipinski definition) is 3. The topological polar surface area (TPSA) is 90.5 Å². The minimum atomic E-state index is -0.764. The van der Waals surface area contributed by atoms with Crippen LogP contribution >= 0.6 is 0 Å². The number of rotatable bonds is 4. The zero-order valence-electron chi connectivity index (χ0n) is 15.3. The van der Waals surface area contributed by atoms with E-state index in [0.717, 1.165) is 38.8 Å². The summed E-state index contributed by atoms with van der Waals surface area (Å²) >= 11 is 0. The number of aliphatic hydroxyl groups excluding tert-OH is 1. The molecule has 0 radical (unpaired) electrons. The lowest BCUT2D eigenvalue weighted by molar-refractivity contribution is 0.143. The first-order chi connectivity index (χ1) is 13.7. The summed E-state index contributed by atoms with van der Waals surface area (Å²) in [6.45, 7) is 1.99. The second-order valence-electron chi connectivity index (χ2n) is 6.97. The molecule has 2 aromatic carbocycles. The number of fused-ring (bicyclic) bond motifs is 2. The van der Waals surface area contributed by atoms with Crippen LogP contribution in [0.25, 0.3) is 33.2 Å². The average Bonchev–Trinajstić information content (AvgIpc) is 3.35. The smallest absolute Gasteiger partial charge is 0.158 e. The number of H-pyrrole nitrogens is 2. The lowest BCUT2D eigenvalue weighted by Crippen LogP contribution is -2.09. The van der Waals surface area contributed by atoms with Gasteiger partial charge in [-0.1, -0.05) is 37.3 Å². The van der Waals surface area contributed by atoms with Gasteiger partial charge in [0.15, 0.2) is 5.82 Å². The van der Waals surface area contributed by atoms with Gasteiger partial charge in [0, 0.05) is 29.3 Å². The zero-order valence-corrected chi connectivity index (χ0v) is 15.3. The van der Waals surface area contributed by atoms with E-state index >= 15 is 0 Å². The van der Waals surface area contributed by atoms with Gasteiger partial charge in [-0.25, -0.2) is 9.97 Å². The molecule has 5 aromatic rings. The number of imidazole rings is 1. The highest BCUT2D eigenvalue weighted by molar-refractivity contribution is 6.00. The van der Waals surface area contributed by atoms with E-state index in [0.29, 0.717) is 5.82 Å². The predicted molar refractivity (Wildman–Crippen MR) is 109 cm³/mol. The van der Waals surface area contributed by atoms with E-state index in [9.17, 15) is 5.11 Å². The fraction of sp³-hybridized carbons (Fsp3) is 0.136. The summed E-state index contributed by atoms with van der Waals surface area (Å²) in [5.74, 6) is 0.358. The standard InChI is InChI=1S/C22H19N5O/c1-13(14-5-3-2-4-6-14)21(28)22-24-18-11-16-17(12-19(18)25-22)26-27-20(16)15-7-9-23-10-8-15/h2-13,21,26-28H,1H3. The van der Waals surface area contributed by atoms with E-state index in [1.54, 1.807) is 12.4 Å². The number of aliphatic hydroxyl groups is 1. The third-order valence-electron chi connectivity index (χ3n) is 5.21. The molecule has 0 aliphatic carbocycles. The second-order valence-corrected chi connectivity index (χ2v) is 6.97. The van der Waals surface area contributed by atoms with Gasteiger partial charge in [-0.15, -0.1) is 0 Å². The highest BCUT2D eigenvalue weighted by Gasteiger charge is 2.22. The Hall–Kier alpha value is -3.51. The largest absolute Gasteiger partial charge is 0.384 e.